The Labute approximate surface area is 233 Å². The summed E-state index contributed by atoms with van der Waals surface area (Å²) in [4.78, 5) is 10.8. The van der Waals surface area contributed by atoms with E-state index < -0.39 is 9.84 Å². The monoisotopic (exact) mass is 560 g/mol. The van der Waals surface area contributed by atoms with Gasteiger partial charge in [-0.05, 0) is 36.9 Å². The molecule has 1 N–H and O–H groups in total. The van der Waals surface area contributed by atoms with Gasteiger partial charge in [0.25, 0.3) is 0 Å². The first-order valence-electron chi connectivity index (χ1n) is 12.9. The van der Waals surface area contributed by atoms with Gasteiger partial charge in [-0.3, -0.25) is 4.68 Å². The highest BCUT2D eigenvalue weighted by molar-refractivity contribution is 7.90. The number of ether oxygens (including phenoxy) is 2. The molecule has 0 saturated carbocycles. The first-order valence-corrected chi connectivity index (χ1v) is 14.9. The van der Waals surface area contributed by atoms with Gasteiger partial charge in [-0.1, -0.05) is 30.3 Å². The third-order valence-corrected chi connectivity index (χ3v) is 7.50. The molecule has 0 fully saturated rings. The number of likely N-dealkylation sites (N-methyl/N-ethyl adjacent to an activating group) is 1. The summed E-state index contributed by atoms with van der Waals surface area (Å²) < 4.78 is 36.4. The van der Waals surface area contributed by atoms with Crippen LogP contribution in [0.4, 0.5) is 11.5 Å². The number of benzene rings is 3. The molecule has 2 heterocycles. The van der Waals surface area contributed by atoms with E-state index >= 15 is 0 Å². The van der Waals surface area contributed by atoms with E-state index in [0.29, 0.717) is 49.1 Å². The van der Waals surface area contributed by atoms with E-state index in [1.54, 1.807) is 7.11 Å². The smallest absolute Gasteiger partial charge is 0.163 e. The fraction of sp³-hybridized carbons (Fsp3) is 0.276. The average molecular weight is 561 g/mol. The van der Waals surface area contributed by atoms with E-state index in [1.165, 1.54) is 18.1 Å². The van der Waals surface area contributed by atoms with Crippen molar-refractivity contribution in [2.24, 2.45) is 0 Å². The molecule has 40 heavy (non-hydrogen) atoms. The van der Waals surface area contributed by atoms with Gasteiger partial charge in [0.2, 0.25) is 0 Å². The van der Waals surface area contributed by atoms with Crippen LogP contribution in [0.3, 0.4) is 0 Å². The summed E-state index contributed by atoms with van der Waals surface area (Å²) >= 11 is 0. The number of fused-ring (bicyclic) bond motifs is 2. The number of methoxy groups -OCH3 is 1. The highest BCUT2D eigenvalue weighted by Gasteiger charge is 2.13. The SMILES string of the molecule is COc1cc2c(Nc3ccc4c(cnn4Cc4ccccc4)c3)ncnc2cc1OCCN(C)CCS(C)(=O)=O. The van der Waals surface area contributed by atoms with Gasteiger partial charge in [-0.25, -0.2) is 18.4 Å². The largest absolute Gasteiger partial charge is 0.493 e. The Balaban J connectivity index is 1.31. The van der Waals surface area contributed by atoms with Crippen LogP contribution in [-0.2, 0) is 16.4 Å². The summed E-state index contributed by atoms with van der Waals surface area (Å²) in [5.74, 6) is 1.87. The van der Waals surface area contributed by atoms with E-state index in [1.807, 2.05) is 65.3 Å². The topological polar surface area (TPSA) is 111 Å². The molecule has 0 bridgehead atoms. The molecule has 0 radical (unpaired) electrons. The number of sulfone groups is 1. The molecule has 0 spiro atoms. The van der Waals surface area contributed by atoms with Crippen LogP contribution in [-0.4, -0.2) is 78.9 Å². The fourth-order valence-corrected chi connectivity index (χ4v) is 5.01. The lowest BCUT2D eigenvalue weighted by atomic mass is 10.2. The Bertz CT molecular complexity index is 1720. The van der Waals surface area contributed by atoms with Gasteiger partial charge < -0.3 is 19.7 Å². The van der Waals surface area contributed by atoms with Crippen LogP contribution in [0, 0.1) is 0 Å². The van der Waals surface area contributed by atoms with Gasteiger partial charge in [0.05, 0.1) is 36.6 Å². The predicted octanol–water partition coefficient (Wildman–Crippen LogP) is 4.14. The quantitative estimate of drug-likeness (QED) is 0.241. The van der Waals surface area contributed by atoms with E-state index in [4.69, 9.17) is 9.47 Å². The van der Waals surface area contributed by atoms with Crippen molar-refractivity contribution in [3.63, 3.8) is 0 Å². The second-order valence-electron chi connectivity index (χ2n) is 9.71. The molecule has 5 aromatic rings. The molecule has 0 unspecified atom stereocenters. The normalized spacial score (nSPS) is 11.8. The standard InChI is InChI=1S/C29H32N6O4S/c1-34(12-14-40(3,36)37)11-13-39-28-17-25-24(16-27(28)38-2)29(31-20-30-25)33-23-9-10-26-22(15-23)18-32-35(26)19-21-7-5-4-6-8-21/h4-10,15-18,20H,11-14,19H2,1-3H3,(H,30,31,33). The molecule has 5 rings (SSSR count). The maximum Gasteiger partial charge on any atom is 0.163 e. The van der Waals surface area contributed by atoms with Gasteiger partial charge >= 0.3 is 0 Å². The summed E-state index contributed by atoms with van der Waals surface area (Å²) in [5, 5.41) is 9.80. The average Bonchev–Trinajstić information content (AvgIpc) is 3.33. The molecule has 11 heteroatoms. The molecule has 0 aliphatic rings. The summed E-state index contributed by atoms with van der Waals surface area (Å²) in [7, 11) is 0.445. The van der Waals surface area contributed by atoms with Crippen LogP contribution in [0.15, 0.2) is 73.2 Å². The van der Waals surface area contributed by atoms with Gasteiger partial charge in [0.1, 0.15) is 28.6 Å². The second kappa shape index (κ2) is 11.9. The third kappa shape index (κ3) is 6.67. The lowest BCUT2D eigenvalue weighted by Gasteiger charge is -2.18. The highest BCUT2D eigenvalue weighted by atomic mass is 32.2. The predicted molar refractivity (Wildman–Crippen MR) is 157 cm³/mol. The Morgan fingerprint density at radius 2 is 1.82 bits per heavy atom. The first kappa shape index (κ1) is 27.4. The number of hydrogen-bond donors (Lipinski definition) is 1. The lowest BCUT2D eigenvalue weighted by molar-refractivity contribution is 0.236. The van der Waals surface area contributed by atoms with Crippen molar-refractivity contribution in [1.29, 1.82) is 0 Å². The second-order valence-corrected chi connectivity index (χ2v) is 12.0. The minimum atomic E-state index is -3.01. The molecular formula is C29H32N6O4S. The van der Waals surface area contributed by atoms with Crippen LogP contribution in [0.5, 0.6) is 11.5 Å². The summed E-state index contributed by atoms with van der Waals surface area (Å²) in [6.45, 7) is 2.09. The van der Waals surface area contributed by atoms with Crippen LogP contribution < -0.4 is 14.8 Å². The van der Waals surface area contributed by atoms with Crippen molar-refractivity contribution in [2.75, 3.05) is 51.2 Å². The van der Waals surface area contributed by atoms with Crippen LogP contribution in [0.25, 0.3) is 21.8 Å². The van der Waals surface area contributed by atoms with Crippen LogP contribution in [0.1, 0.15) is 5.56 Å². The molecule has 0 aliphatic heterocycles. The molecular weight excluding hydrogens is 528 g/mol. The van der Waals surface area contributed by atoms with Crippen LogP contribution >= 0.6 is 0 Å². The maximum atomic E-state index is 11.4. The zero-order chi connectivity index (χ0) is 28.1. The summed E-state index contributed by atoms with van der Waals surface area (Å²) in [6.07, 6.45) is 4.62. The Hall–Kier alpha value is -4.22. The van der Waals surface area contributed by atoms with E-state index in [9.17, 15) is 8.42 Å². The van der Waals surface area contributed by atoms with Crippen LogP contribution in [0.2, 0.25) is 0 Å². The van der Waals surface area contributed by atoms with Crippen molar-refractivity contribution in [3.8, 4) is 11.5 Å². The van der Waals surface area contributed by atoms with Crippen molar-refractivity contribution in [2.45, 2.75) is 6.54 Å². The van der Waals surface area contributed by atoms with Crippen molar-refractivity contribution >= 4 is 43.1 Å². The fourth-order valence-electron chi connectivity index (χ4n) is 4.36. The molecule has 0 atom stereocenters. The van der Waals surface area contributed by atoms with Gasteiger partial charge in [0.15, 0.2) is 11.5 Å². The molecule has 2 aromatic heterocycles. The number of anilines is 2. The van der Waals surface area contributed by atoms with Gasteiger partial charge in [-0.15, -0.1) is 0 Å². The molecule has 3 aromatic carbocycles. The molecule has 0 saturated heterocycles. The highest BCUT2D eigenvalue weighted by Crippen LogP contribution is 2.35. The Morgan fingerprint density at radius 1 is 1.00 bits per heavy atom. The molecule has 208 valence electrons. The Kier molecular flexibility index (Phi) is 8.13. The van der Waals surface area contributed by atoms with E-state index in [-0.39, 0.29) is 5.75 Å². The zero-order valence-corrected chi connectivity index (χ0v) is 23.6. The number of aromatic nitrogens is 4. The van der Waals surface area contributed by atoms with E-state index in [2.05, 4.69) is 38.6 Å². The number of hydrogen-bond acceptors (Lipinski definition) is 9. The van der Waals surface area contributed by atoms with Gasteiger partial charge in [-0.2, -0.15) is 5.10 Å². The minimum Gasteiger partial charge on any atom is -0.493 e. The van der Waals surface area contributed by atoms with Crippen molar-refractivity contribution in [3.05, 3.63) is 78.8 Å². The zero-order valence-electron chi connectivity index (χ0n) is 22.7. The molecule has 10 nitrogen and oxygen atoms in total. The van der Waals surface area contributed by atoms with E-state index in [0.717, 1.165) is 22.0 Å². The third-order valence-electron chi connectivity index (χ3n) is 6.57. The number of rotatable bonds is 12. The van der Waals surface area contributed by atoms with Gasteiger partial charge in [0, 0.05) is 41.9 Å². The number of nitrogens with zero attached hydrogens (tertiary/aromatic N) is 5. The van der Waals surface area contributed by atoms with Crippen molar-refractivity contribution < 1.29 is 17.9 Å². The minimum absolute atomic E-state index is 0.110. The Morgan fingerprint density at radius 3 is 2.60 bits per heavy atom. The first-order chi connectivity index (χ1) is 19.3. The summed E-state index contributed by atoms with van der Waals surface area (Å²) in [6, 6.07) is 20.0. The van der Waals surface area contributed by atoms with Crippen molar-refractivity contribution in [1.82, 2.24) is 24.6 Å². The number of nitrogens with one attached hydrogen (secondary N) is 1. The lowest BCUT2D eigenvalue weighted by Crippen LogP contribution is -2.29. The summed E-state index contributed by atoms with van der Waals surface area (Å²) in [5.41, 5.74) is 3.82. The molecule has 0 amide bonds. The maximum absolute atomic E-state index is 11.4. The molecule has 0 aliphatic carbocycles.